The molecule has 3 amide bonds. The van der Waals surface area contributed by atoms with E-state index in [-0.39, 0.29) is 36.2 Å². The van der Waals surface area contributed by atoms with Crippen LogP contribution in [0.2, 0.25) is 0 Å². The van der Waals surface area contributed by atoms with Crippen molar-refractivity contribution in [3.05, 3.63) is 35.9 Å². The third-order valence-electron chi connectivity index (χ3n) is 8.08. The first-order valence-electron chi connectivity index (χ1n) is 13.7. The summed E-state index contributed by atoms with van der Waals surface area (Å²) in [5.74, 6) is -0.704. The molecule has 0 radical (unpaired) electrons. The molecule has 2 rings (SSSR count). The lowest BCUT2D eigenvalue weighted by molar-refractivity contribution is -0.144. The second kappa shape index (κ2) is 15.2. The zero-order valence-electron chi connectivity index (χ0n) is 24.0. The number of methoxy groups -OCH3 is 2. The Bertz CT molecular complexity index is 884. The Hall–Kier alpha value is -2.49. The number of nitrogens with zero attached hydrogens (tertiary/aromatic N) is 2. The zero-order chi connectivity index (χ0) is 28.4. The van der Waals surface area contributed by atoms with Gasteiger partial charge in [0.05, 0.1) is 48.8 Å². The third-order valence-corrected chi connectivity index (χ3v) is 8.08. The van der Waals surface area contributed by atoms with Crippen LogP contribution in [0.1, 0.15) is 65.0 Å². The van der Waals surface area contributed by atoms with Gasteiger partial charge in [0.25, 0.3) is 0 Å². The Morgan fingerprint density at radius 1 is 1.18 bits per heavy atom. The highest BCUT2D eigenvalue weighted by Gasteiger charge is 2.41. The summed E-state index contributed by atoms with van der Waals surface area (Å²) in [6.45, 7) is 8.24. The number of hydrogen-bond acceptors (Lipinski definition) is 6. The predicted molar refractivity (Wildman–Crippen MR) is 146 cm³/mol. The zero-order valence-corrected chi connectivity index (χ0v) is 24.0. The largest absolute Gasteiger partial charge is 0.386 e. The molecule has 0 bridgehead atoms. The average Bonchev–Trinajstić information content (AvgIpc) is 3.42. The van der Waals surface area contributed by atoms with Gasteiger partial charge in [-0.15, -0.1) is 0 Å². The van der Waals surface area contributed by atoms with Crippen LogP contribution in [0.3, 0.4) is 0 Å². The van der Waals surface area contributed by atoms with E-state index in [2.05, 4.69) is 19.2 Å². The summed E-state index contributed by atoms with van der Waals surface area (Å²) in [7, 11) is 4.85. The highest BCUT2D eigenvalue weighted by atomic mass is 16.5. The second-order valence-electron chi connectivity index (χ2n) is 10.6. The van der Waals surface area contributed by atoms with E-state index in [0.717, 1.165) is 31.2 Å². The molecule has 0 aliphatic carbocycles. The van der Waals surface area contributed by atoms with Crippen LogP contribution in [-0.2, 0) is 23.9 Å². The minimum absolute atomic E-state index is 0.0746. The number of carbonyl (C=O) groups is 3. The molecule has 9 nitrogen and oxygen atoms in total. The number of rotatable bonds is 15. The molecule has 1 saturated heterocycles. The maximum atomic E-state index is 13.5. The molecule has 8 atom stereocenters. The van der Waals surface area contributed by atoms with Gasteiger partial charge in [-0.05, 0) is 31.2 Å². The van der Waals surface area contributed by atoms with Crippen molar-refractivity contribution in [2.75, 3.05) is 27.8 Å². The first kappa shape index (κ1) is 31.7. The summed E-state index contributed by atoms with van der Waals surface area (Å²) in [6, 6.07) is 8.22. The number of aliphatic hydroxyl groups excluding tert-OH is 1. The maximum Gasteiger partial charge on any atom is 0.225 e. The number of carbonyl (C=O) groups excluding carboxylic acids is 3. The highest BCUT2D eigenvalue weighted by Crippen LogP contribution is 2.29. The van der Waals surface area contributed by atoms with Crippen LogP contribution >= 0.6 is 0 Å². The lowest BCUT2D eigenvalue weighted by Crippen LogP contribution is -2.53. The Morgan fingerprint density at radius 3 is 2.39 bits per heavy atom. The standard InChI is InChI=1S/C29H47N3O6/c1-8-19(2)26(31(5)18-33)24(37-6)17-25(34)32-16-12-15-23(32)28(38-7)20(3)29(36)30-21(4)27(35)22-13-10-9-11-14-22/h9-11,13-14,18-21,23-24,26-28,35H,8,12,15-17H2,1-7H3,(H,30,36)/t19-,20+,21+,23-,24+,26-,27+,28+/m0/s1. The average molecular weight is 534 g/mol. The van der Waals surface area contributed by atoms with Crippen LogP contribution in [0.4, 0.5) is 0 Å². The van der Waals surface area contributed by atoms with E-state index in [1.54, 1.807) is 44.9 Å². The SMILES string of the molecule is CC[C@H](C)[C@@H]([C@@H](CC(=O)N1CCC[C@H]1[C@H](OC)[C@@H](C)C(=O)N[C@H](C)[C@@H](O)c1ccccc1)OC)N(C)C=O. The number of benzene rings is 1. The molecule has 1 aromatic rings. The first-order valence-corrected chi connectivity index (χ1v) is 13.7. The number of ether oxygens (including phenoxy) is 2. The van der Waals surface area contributed by atoms with E-state index in [1.807, 2.05) is 30.3 Å². The van der Waals surface area contributed by atoms with Gasteiger partial charge in [-0.3, -0.25) is 14.4 Å². The number of likely N-dealkylation sites (tertiary alicyclic amines) is 1. The predicted octanol–water partition coefficient (Wildman–Crippen LogP) is 2.77. The molecule has 1 heterocycles. The number of likely N-dealkylation sites (N-methyl/N-ethyl adjacent to an activating group) is 1. The first-order chi connectivity index (χ1) is 18.1. The maximum absolute atomic E-state index is 13.5. The normalized spacial score (nSPS) is 21.1. The molecule has 0 spiro atoms. The van der Waals surface area contributed by atoms with E-state index in [1.165, 1.54) is 0 Å². The lowest BCUT2D eigenvalue weighted by Gasteiger charge is -2.38. The van der Waals surface area contributed by atoms with Crippen LogP contribution in [-0.4, -0.2) is 91.3 Å². The molecule has 9 heteroatoms. The van der Waals surface area contributed by atoms with Crippen molar-refractivity contribution in [1.82, 2.24) is 15.1 Å². The molecule has 1 aliphatic rings. The van der Waals surface area contributed by atoms with Gasteiger partial charge in [0.15, 0.2) is 0 Å². The molecule has 214 valence electrons. The van der Waals surface area contributed by atoms with Gasteiger partial charge in [0.2, 0.25) is 18.2 Å². The lowest BCUT2D eigenvalue weighted by atomic mass is 9.90. The van der Waals surface area contributed by atoms with E-state index in [4.69, 9.17) is 9.47 Å². The fourth-order valence-electron chi connectivity index (χ4n) is 5.64. The van der Waals surface area contributed by atoms with Crippen molar-refractivity contribution in [2.24, 2.45) is 11.8 Å². The molecule has 0 saturated carbocycles. The van der Waals surface area contributed by atoms with Gasteiger partial charge in [-0.2, -0.15) is 0 Å². The Labute approximate surface area is 227 Å². The molecule has 2 N–H and O–H groups in total. The molecule has 0 aromatic heterocycles. The molecular formula is C29H47N3O6. The number of amides is 3. The Kier molecular flexibility index (Phi) is 12.7. The molecular weight excluding hydrogens is 486 g/mol. The summed E-state index contributed by atoms with van der Waals surface area (Å²) in [5.41, 5.74) is 0.729. The van der Waals surface area contributed by atoms with E-state index >= 15 is 0 Å². The van der Waals surface area contributed by atoms with Crippen LogP contribution in [0.15, 0.2) is 30.3 Å². The number of hydrogen-bond donors (Lipinski definition) is 2. The quantitative estimate of drug-likeness (QED) is 0.336. The van der Waals surface area contributed by atoms with Crippen molar-refractivity contribution in [1.29, 1.82) is 0 Å². The van der Waals surface area contributed by atoms with Gasteiger partial charge in [0.1, 0.15) is 0 Å². The highest BCUT2D eigenvalue weighted by molar-refractivity contribution is 5.80. The van der Waals surface area contributed by atoms with Crippen molar-refractivity contribution in [3.63, 3.8) is 0 Å². The molecule has 1 aliphatic heterocycles. The molecule has 1 fully saturated rings. The topological polar surface area (TPSA) is 108 Å². The molecule has 0 unspecified atom stereocenters. The number of nitrogens with one attached hydrogen (secondary N) is 1. The molecule has 38 heavy (non-hydrogen) atoms. The second-order valence-corrected chi connectivity index (χ2v) is 10.6. The summed E-state index contributed by atoms with van der Waals surface area (Å²) < 4.78 is 11.5. The van der Waals surface area contributed by atoms with Crippen molar-refractivity contribution >= 4 is 18.2 Å². The summed E-state index contributed by atoms with van der Waals surface area (Å²) in [4.78, 5) is 41.7. The number of aliphatic hydroxyl groups is 1. The summed E-state index contributed by atoms with van der Waals surface area (Å²) in [6.07, 6.45) is 1.51. The minimum atomic E-state index is -0.841. The monoisotopic (exact) mass is 533 g/mol. The Morgan fingerprint density at radius 2 is 1.84 bits per heavy atom. The fourth-order valence-corrected chi connectivity index (χ4v) is 5.64. The minimum Gasteiger partial charge on any atom is -0.386 e. The van der Waals surface area contributed by atoms with Gasteiger partial charge < -0.3 is 29.7 Å². The molecule has 1 aromatic carbocycles. The van der Waals surface area contributed by atoms with Gasteiger partial charge in [-0.25, -0.2) is 0 Å². The third kappa shape index (κ3) is 7.77. The van der Waals surface area contributed by atoms with Crippen LogP contribution in [0.25, 0.3) is 0 Å². The van der Waals surface area contributed by atoms with E-state index < -0.39 is 30.3 Å². The van der Waals surface area contributed by atoms with Crippen molar-refractivity contribution < 1.29 is 29.0 Å². The Balaban J connectivity index is 2.11. The van der Waals surface area contributed by atoms with Gasteiger partial charge in [0, 0.05) is 27.8 Å². The fraction of sp³-hybridized carbons (Fsp3) is 0.690. The smallest absolute Gasteiger partial charge is 0.225 e. The van der Waals surface area contributed by atoms with E-state index in [9.17, 15) is 19.5 Å². The van der Waals surface area contributed by atoms with E-state index in [0.29, 0.717) is 6.54 Å². The van der Waals surface area contributed by atoms with Crippen LogP contribution in [0.5, 0.6) is 0 Å². The summed E-state index contributed by atoms with van der Waals surface area (Å²) >= 11 is 0. The van der Waals surface area contributed by atoms with Crippen molar-refractivity contribution in [2.45, 2.75) is 89.8 Å². The van der Waals surface area contributed by atoms with Crippen molar-refractivity contribution in [3.8, 4) is 0 Å². The van der Waals surface area contributed by atoms with Gasteiger partial charge in [-0.1, -0.05) is 57.5 Å². The van der Waals surface area contributed by atoms with Gasteiger partial charge >= 0.3 is 0 Å². The summed E-state index contributed by atoms with van der Waals surface area (Å²) in [5, 5.41) is 13.6. The van der Waals surface area contributed by atoms with Crippen LogP contribution in [0, 0.1) is 11.8 Å². The van der Waals surface area contributed by atoms with Crippen LogP contribution < -0.4 is 5.32 Å².